The molecule has 1 N–H and O–H groups in total. The SMILES string of the molecule is COc1cc(/C=C\Cc2cc(O)c3cc(-c4ccccc4)oc3c2)cc(OC)c1OC. The summed E-state index contributed by atoms with van der Waals surface area (Å²) in [6.07, 6.45) is 4.62. The molecular formula is C26H24O5. The van der Waals surface area contributed by atoms with E-state index in [4.69, 9.17) is 18.6 Å². The second-order valence-electron chi connectivity index (χ2n) is 7.07. The van der Waals surface area contributed by atoms with Crippen LogP contribution in [0.3, 0.4) is 0 Å². The minimum Gasteiger partial charge on any atom is -0.507 e. The molecule has 5 nitrogen and oxygen atoms in total. The smallest absolute Gasteiger partial charge is 0.203 e. The first-order valence-corrected chi connectivity index (χ1v) is 9.90. The highest BCUT2D eigenvalue weighted by atomic mass is 16.5. The highest BCUT2D eigenvalue weighted by Gasteiger charge is 2.13. The van der Waals surface area contributed by atoms with Crippen molar-refractivity contribution in [2.24, 2.45) is 0 Å². The predicted octanol–water partition coefficient (Wildman–Crippen LogP) is 6.09. The van der Waals surface area contributed by atoms with Gasteiger partial charge in [-0.2, -0.15) is 0 Å². The molecule has 3 aromatic carbocycles. The summed E-state index contributed by atoms with van der Waals surface area (Å²) in [5, 5.41) is 11.2. The summed E-state index contributed by atoms with van der Waals surface area (Å²) in [6.45, 7) is 0. The lowest BCUT2D eigenvalue weighted by atomic mass is 10.1. The molecule has 4 rings (SSSR count). The van der Waals surface area contributed by atoms with Crippen molar-refractivity contribution in [2.75, 3.05) is 21.3 Å². The third-order valence-electron chi connectivity index (χ3n) is 5.08. The Labute approximate surface area is 181 Å². The Balaban J connectivity index is 1.58. The molecular weight excluding hydrogens is 392 g/mol. The topological polar surface area (TPSA) is 61.1 Å². The fourth-order valence-electron chi connectivity index (χ4n) is 3.57. The number of aromatic hydroxyl groups is 1. The molecule has 0 bridgehead atoms. The van der Waals surface area contributed by atoms with Crippen molar-refractivity contribution in [1.29, 1.82) is 0 Å². The van der Waals surface area contributed by atoms with Gasteiger partial charge in [0.25, 0.3) is 0 Å². The van der Waals surface area contributed by atoms with Gasteiger partial charge in [0.15, 0.2) is 11.5 Å². The molecule has 158 valence electrons. The molecule has 31 heavy (non-hydrogen) atoms. The van der Waals surface area contributed by atoms with E-state index < -0.39 is 0 Å². The third kappa shape index (κ3) is 4.21. The van der Waals surface area contributed by atoms with Crippen LogP contribution in [-0.2, 0) is 6.42 Å². The molecule has 4 aromatic rings. The van der Waals surface area contributed by atoms with E-state index in [0.717, 1.165) is 22.5 Å². The number of phenolic OH excluding ortho intramolecular Hbond substituents is 1. The lowest BCUT2D eigenvalue weighted by molar-refractivity contribution is 0.324. The first-order chi connectivity index (χ1) is 15.1. The molecule has 1 aromatic heterocycles. The summed E-state index contributed by atoms with van der Waals surface area (Å²) in [4.78, 5) is 0. The maximum atomic E-state index is 10.5. The lowest BCUT2D eigenvalue weighted by Crippen LogP contribution is -1.95. The number of methoxy groups -OCH3 is 3. The van der Waals surface area contributed by atoms with E-state index in [2.05, 4.69) is 0 Å². The van der Waals surface area contributed by atoms with Crippen molar-refractivity contribution in [3.05, 3.63) is 77.9 Å². The lowest BCUT2D eigenvalue weighted by Gasteiger charge is -2.12. The molecule has 0 aliphatic rings. The number of hydrogen-bond acceptors (Lipinski definition) is 5. The molecule has 0 radical (unpaired) electrons. The molecule has 0 aliphatic carbocycles. The van der Waals surface area contributed by atoms with E-state index in [1.807, 2.05) is 66.7 Å². The number of benzene rings is 3. The predicted molar refractivity (Wildman–Crippen MR) is 122 cm³/mol. The van der Waals surface area contributed by atoms with Gasteiger partial charge in [0.1, 0.15) is 17.1 Å². The van der Waals surface area contributed by atoms with Crippen LogP contribution in [0, 0.1) is 0 Å². The van der Waals surface area contributed by atoms with Crippen molar-refractivity contribution in [1.82, 2.24) is 0 Å². The van der Waals surface area contributed by atoms with Crippen LogP contribution in [0.1, 0.15) is 11.1 Å². The van der Waals surface area contributed by atoms with Gasteiger partial charge < -0.3 is 23.7 Å². The summed E-state index contributed by atoms with van der Waals surface area (Å²) in [5.41, 5.74) is 3.50. The molecule has 0 spiro atoms. The van der Waals surface area contributed by atoms with Crippen molar-refractivity contribution >= 4 is 17.0 Å². The molecule has 0 fully saturated rings. The summed E-state index contributed by atoms with van der Waals surface area (Å²) < 4.78 is 22.2. The van der Waals surface area contributed by atoms with Crippen LogP contribution in [0.2, 0.25) is 0 Å². The highest BCUT2D eigenvalue weighted by Crippen LogP contribution is 2.38. The normalized spacial score (nSPS) is 11.2. The molecule has 0 saturated carbocycles. The van der Waals surface area contributed by atoms with Gasteiger partial charge in [-0.1, -0.05) is 42.5 Å². The Kier molecular flexibility index (Phi) is 5.85. The van der Waals surface area contributed by atoms with Gasteiger partial charge in [0.05, 0.1) is 26.7 Å². The summed E-state index contributed by atoms with van der Waals surface area (Å²) >= 11 is 0. The fourth-order valence-corrected chi connectivity index (χ4v) is 3.57. The van der Waals surface area contributed by atoms with Crippen LogP contribution < -0.4 is 14.2 Å². The monoisotopic (exact) mass is 416 g/mol. The second-order valence-corrected chi connectivity index (χ2v) is 7.07. The van der Waals surface area contributed by atoms with Gasteiger partial charge >= 0.3 is 0 Å². The Morgan fingerprint density at radius 3 is 2.23 bits per heavy atom. The average molecular weight is 416 g/mol. The first kappa shape index (κ1) is 20.4. The van der Waals surface area contributed by atoms with Crippen LogP contribution >= 0.6 is 0 Å². The van der Waals surface area contributed by atoms with E-state index >= 15 is 0 Å². The maximum Gasteiger partial charge on any atom is 0.203 e. The number of allylic oxidation sites excluding steroid dienone is 1. The van der Waals surface area contributed by atoms with Crippen molar-refractivity contribution in [2.45, 2.75) is 6.42 Å². The van der Waals surface area contributed by atoms with Crippen molar-refractivity contribution < 1.29 is 23.7 Å². The van der Waals surface area contributed by atoms with Crippen LogP contribution in [0.4, 0.5) is 0 Å². The molecule has 0 amide bonds. The van der Waals surface area contributed by atoms with Gasteiger partial charge in [-0.3, -0.25) is 0 Å². The van der Waals surface area contributed by atoms with Crippen LogP contribution in [-0.4, -0.2) is 26.4 Å². The van der Waals surface area contributed by atoms with Gasteiger partial charge in [-0.25, -0.2) is 0 Å². The number of furan rings is 1. The Bertz CT molecular complexity index is 1200. The highest BCUT2D eigenvalue weighted by molar-refractivity contribution is 5.88. The van der Waals surface area contributed by atoms with Gasteiger partial charge in [0, 0.05) is 5.56 Å². The quantitative estimate of drug-likeness (QED) is 0.395. The Morgan fingerprint density at radius 1 is 0.871 bits per heavy atom. The molecule has 0 aliphatic heterocycles. The maximum absolute atomic E-state index is 10.5. The van der Waals surface area contributed by atoms with E-state index in [1.165, 1.54) is 0 Å². The standard InChI is InChI=1S/C26H24O5/c1-28-24-14-18(15-25(29-2)26(24)30-3)9-7-8-17-12-21(27)20-16-22(31-23(20)13-17)19-10-5-4-6-11-19/h4-7,9-16,27H,8H2,1-3H3/b9-7-. The number of hydrogen-bond donors (Lipinski definition) is 1. The van der Waals surface area contributed by atoms with Crippen molar-refractivity contribution in [3.63, 3.8) is 0 Å². The van der Waals surface area contributed by atoms with Gasteiger partial charge in [-0.05, 0) is 47.9 Å². The summed E-state index contributed by atoms with van der Waals surface area (Å²) in [6, 6.07) is 19.2. The molecule has 1 heterocycles. The Morgan fingerprint density at radius 2 is 1.58 bits per heavy atom. The zero-order chi connectivity index (χ0) is 21.8. The summed E-state index contributed by atoms with van der Waals surface area (Å²) in [7, 11) is 4.77. The summed E-state index contributed by atoms with van der Waals surface area (Å²) in [5.74, 6) is 2.70. The molecule has 0 unspecified atom stereocenters. The van der Waals surface area contributed by atoms with Crippen LogP contribution in [0.25, 0.3) is 28.4 Å². The minimum absolute atomic E-state index is 0.208. The largest absolute Gasteiger partial charge is 0.507 e. The second kappa shape index (κ2) is 8.88. The van der Waals surface area contributed by atoms with Gasteiger partial charge in [-0.15, -0.1) is 0 Å². The first-order valence-electron chi connectivity index (χ1n) is 9.90. The number of phenols is 1. The number of rotatable bonds is 7. The van der Waals surface area contributed by atoms with Crippen LogP contribution in [0.5, 0.6) is 23.0 Å². The zero-order valence-corrected chi connectivity index (χ0v) is 17.7. The third-order valence-corrected chi connectivity index (χ3v) is 5.08. The average Bonchev–Trinajstić information content (AvgIpc) is 3.24. The van der Waals surface area contributed by atoms with E-state index in [0.29, 0.717) is 34.6 Å². The Hall–Kier alpha value is -3.86. The van der Waals surface area contributed by atoms with Crippen molar-refractivity contribution in [3.8, 4) is 34.3 Å². The zero-order valence-electron chi connectivity index (χ0n) is 17.7. The number of ether oxygens (including phenoxy) is 3. The van der Waals surface area contributed by atoms with Crippen LogP contribution in [0.15, 0.2) is 71.2 Å². The van der Waals surface area contributed by atoms with E-state index in [1.54, 1.807) is 27.4 Å². The fraction of sp³-hybridized carbons (Fsp3) is 0.154. The molecule has 0 saturated heterocycles. The molecule has 0 atom stereocenters. The van der Waals surface area contributed by atoms with E-state index in [9.17, 15) is 5.11 Å². The van der Waals surface area contributed by atoms with E-state index in [-0.39, 0.29) is 5.75 Å². The van der Waals surface area contributed by atoms with Gasteiger partial charge in [0.2, 0.25) is 5.75 Å². The number of fused-ring (bicyclic) bond motifs is 1. The minimum atomic E-state index is 0.208. The molecule has 5 heteroatoms.